The van der Waals surface area contributed by atoms with Crippen molar-refractivity contribution >= 4 is 5.71 Å². The van der Waals surface area contributed by atoms with Gasteiger partial charge in [-0.15, -0.1) is 0 Å². The van der Waals surface area contributed by atoms with Gasteiger partial charge in [0.2, 0.25) is 0 Å². The van der Waals surface area contributed by atoms with Crippen LogP contribution in [-0.4, -0.2) is 26.3 Å². The Labute approximate surface area is 96.4 Å². The predicted octanol–water partition coefficient (Wildman–Crippen LogP) is 1.51. The summed E-state index contributed by atoms with van der Waals surface area (Å²) in [6.07, 6.45) is 1.62. The summed E-state index contributed by atoms with van der Waals surface area (Å²) < 4.78 is 4.66. The molecule has 1 aromatic carbocycles. The second-order valence-electron chi connectivity index (χ2n) is 3.42. The Morgan fingerprint density at radius 1 is 1.29 bits per heavy atom. The van der Waals surface area contributed by atoms with E-state index in [0.29, 0.717) is 11.3 Å². The molecular formula is C11H10N2O4. The largest absolute Gasteiger partial charge is 0.508 e. The van der Waals surface area contributed by atoms with E-state index in [1.807, 2.05) is 0 Å². The molecule has 0 aliphatic rings. The van der Waals surface area contributed by atoms with Gasteiger partial charge >= 0.3 is 0 Å². The standard InChI is InChI=1S/C11H10N2O4/c14-8-1-2-9(11(15)6-8)10(12-16)5-7-3-4-17-13-7/h1-4,6,14-16H,5H2. The van der Waals surface area contributed by atoms with Crippen LogP contribution in [0.3, 0.4) is 0 Å². The molecule has 1 heterocycles. The third-order valence-corrected chi connectivity index (χ3v) is 2.25. The minimum absolute atomic E-state index is 0.0648. The highest BCUT2D eigenvalue weighted by atomic mass is 16.5. The van der Waals surface area contributed by atoms with Gasteiger partial charge in [-0.1, -0.05) is 10.3 Å². The van der Waals surface area contributed by atoms with Crippen LogP contribution in [-0.2, 0) is 6.42 Å². The highest BCUT2D eigenvalue weighted by Gasteiger charge is 2.12. The monoisotopic (exact) mass is 234 g/mol. The van der Waals surface area contributed by atoms with Gasteiger partial charge < -0.3 is 19.9 Å². The molecule has 2 rings (SSSR count). The zero-order chi connectivity index (χ0) is 12.3. The molecule has 0 aliphatic heterocycles. The van der Waals surface area contributed by atoms with Crippen LogP contribution in [0.1, 0.15) is 11.3 Å². The summed E-state index contributed by atoms with van der Waals surface area (Å²) >= 11 is 0. The van der Waals surface area contributed by atoms with E-state index in [2.05, 4.69) is 14.8 Å². The van der Waals surface area contributed by atoms with Crippen molar-refractivity contribution < 1.29 is 19.9 Å². The van der Waals surface area contributed by atoms with Gasteiger partial charge in [0.15, 0.2) is 0 Å². The molecule has 0 saturated heterocycles. The Kier molecular flexibility index (Phi) is 2.95. The van der Waals surface area contributed by atoms with Crippen molar-refractivity contribution in [2.24, 2.45) is 5.16 Å². The van der Waals surface area contributed by atoms with E-state index in [9.17, 15) is 5.11 Å². The predicted molar refractivity (Wildman–Crippen MR) is 58.3 cm³/mol. The van der Waals surface area contributed by atoms with Gasteiger partial charge in [0.25, 0.3) is 0 Å². The van der Waals surface area contributed by atoms with E-state index in [-0.39, 0.29) is 23.6 Å². The summed E-state index contributed by atoms with van der Waals surface area (Å²) in [7, 11) is 0. The van der Waals surface area contributed by atoms with Crippen molar-refractivity contribution in [3.8, 4) is 11.5 Å². The third-order valence-electron chi connectivity index (χ3n) is 2.25. The summed E-state index contributed by atoms with van der Waals surface area (Å²) in [4.78, 5) is 0. The fraction of sp³-hybridized carbons (Fsp3) is 0.0909. The minimum Gasteiger partial charge on any atom is -0.508 e. The smallest absolute Gasteiger partial charge is 0.128 e. The molecule has 1 aromatic heterocycles. The van der Waals surface area contributed by atoms with Crippen LogP contribution in [0.4, 0.5) is 0 Å². The maximum atomic E-state index is 9.63. The fourth-order valence-corrected chi connectivity index (χ4v) is 1.45. The lowest BCUT2D eigenvalue weighted by atomic mass is 10.0. The molecule has 0 fully saturated rings. The SMILES string of the molecule is ON=C(Cc1ccon1)c1ccc(O)cc1O. The maximum Gasteiger partial charge on any atom is 0.128 e. The van der Waals surface area contributed by atoms with Gasteiger partial charge in [-0.2, -0.15) is 0 Å². The van der Waals surface area contributed by atoms with Gasteiger partial charge in [0, 0.05) is 24.1 Å². The molecule has 0 saturated carbocycles. The van der Waals surface area contributed by atoms with Crippen molar-refractivity contribution in [3.05, 3.63) is 41.8 Å². The van der Waals surface area contributed by atoms with Crippen LogP contribution in [0, 0.1) is 0 Å². The second kappa shape index (κ2) is 4.56. The van der Waals surface area contributed by atoms with Gasteiger partial charge in [-0.05, 0) is 12.1 Å². The Morgan fingerprint density at radius 3 is 2.71 bits per heavy atom. The first-order valence-corrected chi connectivity index (χ1v) is 4.83. The number of nitrogens with zero attached hydrogens (tertiary/aromatic N) is 2. The van der Waals surface area contributed by atoms with Crippen molar-refractivity contribution in [1.82, 2.24) is 5.16 Å². The Morgan fingerprint density at radius 2 is 2.12 bits per heavy atom. The van der Waals surface area contributed by atoms with E-state index in [1.54, 1.807) is 6.07 Å². The second-order valence-corrected chi connectivity index (χ2v) is 3.42. The number of hydrogen-bond donors (Lipinski definition) is 3. The van der Waals surface area contributed by atoms with E-state index < -0.39 is 0 Å². The zero-order valence-corrected chi connectivity index (χ0v) is 8.74. The topological polar surface area (TPSA) is 99.1 Å². The molecule has 88 valence electrons. The van der Waals surface area contributed by atoms with Gasteiger partial charge in [-0.3, -0.25) is 0 Å². The molecule has 17 heavy (non-hydrogen) atoms. The quantitative estimate of drug-likeness (QED) is 0.424. The zero-order valence-electron chi connectivity index (χ0n) is 8.74. The average Bonchev–Trinajstić information content (AvgIpc) is 2.79. The lowest BCUT2D eigenvalue weighted by Crippen LogP contribution is -2.06. The Hall–Kier alpha value is -2.50. The van der Waals surface area contributed by atoms with E-state index in [1.165, 1.54) is 24.5 Å². The lowest BCUT2D eigenvalue weighted by Gasteiger charge is -2.05. The molecule has 3 N–H and O–H groups in total. The lowest BCUT2D eigenvalue weighted by molar-refractivity contribution is 0.318. The number of oxime groups is 1. The van der Waals surface area contributed by atoms with Crippen molar-refractivity contribution in [2.45, 2.75) is 6.42 Å². The summed E-state index contributed by atoms with van der Waals surface area (Å²) in [5, 5.41) is 34.5. The van der Waals surface area contributed by atoms with Crippen LogP contribution < -0.4 is 0 Å². The molecule has 0 spiro atoms. The number of aromatic hydroxyl groups is 2. The van der Waals surface area contributed by atoms with E-state index in [0.717, 1.165) is 0 Å². The molecular weight excluding hydrogens is 224 g/mol. The molecule has 2 aromatic rings. The van der Waals surface area contributed by atoms with Crippen LogP contribution in [0.25, 0.3) is 0 Å². The van der Waals surface area contributed by atoms with Crippen LogP contribution >= 0.6 is 0 Å². The first-order chi connectivity index (χ1) is 8.20. The van der Waals surface area contributed by atoms with Crippen LogP contribution in [0.2, 0.25) is 0 Å². The summed E-state index contributed by atoms with van der Waals surface area (Å²) in [5.74, 6) is -0.230. The number of rotatable bonds is 3. The summed E-state index contributed by atoms with van der Waals surface area (Å²) in [5.41, 5.74) is 1.13. The van der Waals surface area contributed by atoms with E-state index >= 15 is 0 Å². The van der Waals surface area contributed by atoms with Crippen molar-refractivity contribution in [2.75, 3.05) is 0 Å². The molecule has 6 nitrogen and oxygen atoms in total. The Balaban J connectivity index is 2.30. The summed E-state index contributed by atoms with van der Waals surface area (Å²) in [6, 6.07) is 5.65. The molecule has 0 atom stereocenters. The number of aromatic nitrogens is 1. The number of phenolic OH excluding ortho intramolecular Hbond substituents is 2. The van der Waals surface area contributed by atoms with Crippen LogP contribution in [0.15, 0.2) is 40.2 Å². The normalized spacial score (nSPS) is 11.6. The van der Waals surface area contributed by atoms with Crippen LogP contribution in [0.5, 0.6) is 11.5 Å². The highest BCUT2D eigenvalue weighted by Crippen LogP contribution is 2.24. The maximum absolute atomic E-state index is 9.63. The van der Waals surface area contributed by atoms with Gasteiger partial charge in [0.1, 0.15) is 17.8 Å². The van der Waals surface area contributed by atoms with Gasteiger partial charge in [0.05, 0.1) is 11.4 Å². The average molecular weight is 234 g/mol. The third kappa shape index (κ3) is 2.36. The molecule has 0 aliphatic carbocycles. The van der Waals surface area contributed by atoms with Crippen molar-refractivity contribution in [3.63, 3.8) is 0 Å². The number of hydrogen-bond acceptors (Lipinski definition) is 6. The van der Waals surface area contributed by atoms with E-state index in [4.69, 9.17) is 10.3 Å². The molecule has 0 bridgehead atoms. The van der Waals surface area contributed by atoms with Gasteiger partial charge in [-0.25, -0.2) is 0 Å². The molecule has 0 amide bonds. The van der Waals surface area contributed by atoms with Crippen molar-refractivity contribution in [1.29, 1.82) is 0 Å². The highest BCUT2D eigenvalue weighted by molar-refractivity contribution is 6.03. The molecule has 0 unspecified atom stereocenters. The first kappa shape index (κ1) is 11.0. The summed E-state index contributed by atoms with van der Waals surface area (Å²) in [6.45, 7) is 0. The number of phenols is 2. The minimum atomic E-state index is -0.165. The Bertz CT molecular complexity index is 534. The number of benzene rings is 1. The first-order valence-electron chi connectivity index (χ1n) is 4.83. The molecule has 0 radical (unpaired) electrons. The molecule has 6 heteroatoms. The fourth-order valence-electron chi connectivity index (χ4n) is 1.45.